The van der Waals surface area contributed by atoms with Crippen LogP contribution in [0.15, 0.2) is 12.7 Å². The molecule has 0 rings (SSSR count). The van der Waals surface area contributed by atoms with Gasteiger partial charge in [-0.1, -0.05) is 6.08 Å². The van der Waals surface area contributed by atoms with Crippen molar-refractivity contribution in [2.45, 2.75) is 25.3 Å². The van der Waals surface area contributed by atoms with E-state index >= 15 is 0 Å². The van der Waals surface area contributed by atoms with Crippen molar-refractivity contribution in [3.8, 4) is 0 Å². The maximum atomic E-state index is 11.1. The van der Waals surface area contributed by atoms with E-state index in [0.29, 0.717) is 6.42 Å². The topological polar surface area (TPSA) is 104 Å². The summed E-state index contributed by atoms with van der Waals surface area (Å²) >= 11 is 0. The van der Waals surface area contributed by atoms with Crippen LogP contribution >= 0.6 is 0 Å². The molecule has 0 aliphatic rings. The molecule has 1 amide bonds. The minimum absolute atomic E-state index is 0.104. The summed E-state index contributed by atoms with van der Waals surface area (Å²) < 4.78 is 0. The van der Waals surface area contributed by atoms with Crippen LogP contribution in [0, 0.1) is 0 Å². The quantitative estimate of drug-likeness (QED) is 0.518. The molecule has 0 aromatic rings. The summed E-state index contributed by atoms with van der Waals surface area (Å²) in [4.78, 5) is 31.9. The van der Waals surface area contributed by atoms with E-state index in [9.17, 15) is 14.4 Å². The average Bonchev–Trinajstić information content (AvgIpc) is 2.12. The molecule has 0 spiro atoms. The highest BCUT2D eigenvalue weighted by atomic mass is 16.4. The first-order valence-electron chi connectivity index (χ1n) is 4.32. The molecule has 3 N–H and O–H groups in total. The molecule has 0 radical (unpaired) electrons. The Morgan fingerprint density at radius 1 is 1.33 bits per heavy atom. The molecule has 0 unspecified atom stereocenters. The fourth-order valence-corrected chi connectivity index (χ4v) is 0.874. The van der Waals surface area contributed by atoms with Crippen LogP contribution in [-0.4, -0.2) is 34.1 Å². The van der Waals surface area contributed by atoms with E-state index < -0.39 is 30.3 Å². The molecule has 0 heterocycles. The van der Waals surface area contributed by atoms with Crippen LogP contribution in [0.5, 0.6) is 0 Å². The number of hydrogen-bond acceptors (Lipinski definition) is 3. The van der Waals surface area contributed by atoms with Crippen molar-refractivity contribution in [3.63, 3.8) is 0 Å². The molecule has 6 heteroatoms. The molecule has 0 fully saturated rings. The minimum atomic E-state index is -1.38. The Morgan fingerprint density at radius 2 is 1.93 bits per heavy atom. The highest BCUT2D eigenvalue weighted by Gasteiger charge is 2.22. The Labute approximate surface area is 86.6 Å². The summed E-state index contributed by atoms with van der Waals surface area (Å²) in [5.41, 5.74) is 0. The number of hydrogen-bond donors (Lipinski definition) is 3. The van der Waals surface area contributed by atoms with Crippen LogP contribution in [0.3, 0.4) is 0 Å². The zero-order valence-electron chi connectivity index (χ0n) is 8.10. The van der Waals surface area contributed by atoms with Crippen LogP contribution in [0.1, 0.15) is 19.3 Å². The van der Waals surface area contributed by atoms with Crippen molar-refractivity contribution in [2.24, 2.45) is 0 Å². The monoisotopic (exact) mass is 215 g/mol. The number of nitrogens with one attached hydrogen (secondary N) is 1. The van der Waals surface area contributed by atoms with Gasteiger partial charge >= 0.3 is 11.9 Å². The number of carboxylic acid groups (broad SMARTS) is 2. The predicted molar refractivity (Wildman–Crippen MR) is 51.3 cm³/mol. The molecule has 84 valence electrons. The Balaban J connectivity index is 4.16. The third-order valence-electron chi connectivity index (χ3n) is 1.59. The van der Waals surface area contributed by atoms with Gasteiger partial charge in [0, 0.05) is 6.42 Å². The second-order valence-corrected chi connectivity index (χ2v) is 2.88. The van der Waals surface area contributed by atoms with E-state index in [0.717, 1.165) is 0 Å². The lowest BCUT2D eigenvalue weighted by molar-refractivity contribution is -0.147. The number of allylic oxidation sites excluding steroid dienone is 1. The van der Waals surface area contributed by atoms with Gasteiger partial charge in [-0.2, -0.15) is 0 Å². The molecule has 6 nitrogen and oxygen atoms in total. The normalized spacial score (nSPS) is 11.5. The summed E-state index contributed by atoms with van der Waals surface area (Å²) in [6.07, 6.45) is 1.42. The Morgan fingerprint density at radius 3 is 2.33 bits per heavy atom. The SMILES string of the molecule is C=CCCC(=O)N[C@@H](CC(=O)O)C(=O)O. The van der Waals surface area contributed by atoms with Gasteiger partial charge in [-0.15, -0.1) is 6.58 Å². The van der Waals surface area contributed by atoms with Crippen molar-refractivity contribution >= 4 is 17.8 Å². The number of carbonyl (C=O) groups is 3. The maximum Gasteiger partial charge on any atom is 0.326 e. The first-order chi connectivity index (χ1) is 6.97. The molecular formula is C9H13NO5. The first kappa shape index (κ1) is 13.2. The van der Waals surface area contributed by atoms with Crippen LogP contribution in [0.25, 0.3) is 0 Å². The fraction of sp³-hybridized carbons (Fsp3) is 0.444. The first-order valence-corrected chi connectivity index (χ1v) is 4.32. The minimum Gasteiger partial charge on any atom is -0.481 e. The van der Waals surface area contributed by atoms with Gasteiger partial charge in [0.15, 0.2) is 0 Å². The molecule has 0 aromatic heterocycles. The van der Waals surface area contributed by atoms with Gasteiger partial charge in [0.2, 0.25) is 5.91 Å². The molecule has 0 aromatic carbocycles. The molecule has 0 aliphatic heterocycles. The lowest BCUT2D eigenvalue weighted by Gasteiger charge is -2.11. The smallest absolute Gasteiger partial charge is 0.326 e. The van der Waals surface area contributed by atoms with Gasteiger partial charge in [-0.05, 0) is 6.42 Å². The summed E-state index contributed by atoms with van der Waals surface area (Å²) in [6.45, 7) is 3.40. The van der Waals surface area contributed by atoms with Gasteiger partial charge in [-0.3, -0.25) is 9.59 Å². The number of carbonyl (C=O) groups excluding carboxylic acids is 1. The van der Waals surface area contributed by atoms with Crippen LogP contribution in [-0.2, 0) is 14.4 Å². The summed E-state index contributed by atoms with van der Waals surface area (Å²) in [7, 11) is 0. The number of rotatable bonds is 7. The number of carboxylic acids is 2. The van der Waals surface area contributed by atoms with Crippen molar-refractivity contribution < 1.29 is 24.6 Å². The van der Waals surface area contributed by atoms with E-state index in [1.54, 1.807) is 0 Å². The van der Waals surface area contributed by atoms with Gasteiger partial charge in [-0.25, -0.2) is 4.79 Å². The lowest BCUT2D eigenvalue weighted by atomic mass is 10.2. The summed E-state index contributed by atoms with van der Waals surface area (Å²) in [5.74, 6) is -3.13. The molecule has 0 bridgehead atoms. The molecule has 1 atom stereocenters. The van der Waals surface area contributed by atoms with Gasteiger partial charge in [0.25, 0.3) is 0 Å². The Bertz CT molecular complexity index is 274. The van der Waals surface area contributed by atoms with Crippen molar-refractivity contribution in [2.75, 3.05) is 0 Å². The molecule has 0 saturated heterocycles. The molecule has 15 heavy (non-hydrogen) atoms. The molecular weight excluding hydrogens is 202 g/mol. The molecule has 0 aliphatic carbocycles. The summed E-state index contributed by atoms with van der Waals surface area (Å²) in [5, 5.41) is 19.1. The van der Waals surface area contributed by atoms with Crippen molar-refractivity contribution in [1.29, 1.82) is 0 Å². The van der Waals surface area contributed by atoms with Crippen molar-refractivity contribution in [3.05, 3.63) is 12.7 Å². The van der Waals surface area contributed by atoms with Crippen LogP contribution in [0.4, 0.5) is 0 Å². The van der Waals surface area contributed by atoms with E-state index in [1.165, 1.54) is 6.08 Å². The standard InChI is InChI=1S/C9H13NO5/c1-2-3-4-7(11)10-6(9(14)15)5-8(12)13/h2,6H,1,3-5H2,(H,10,11)(H,12,13)(H,14,15)/t6-/m0/s1. The second-order valence-electron chi connectivity index (χ2n) is 2.88. The highest BCUT2D eigenvalue weighted by molar-refractivity contribution is 5.86. The second kappa shape index (κ2) is 6.58. The van der Waals surface area contributed by atoms with Crippen molar-refractivity contribution in [1.82, 2.24) is 5.32 Å². The lowest BCUT2D eigenvalue weighted by Crippen LogP contribution is -2.42. The fourth-order valence-electron chi connectivity index (χ4n) is 0.874. The van der Waals surface area contributed by atoms with E-state index in [1.807, 2.05) is 0 Å². The average molecular weight is 215 g/mol. The zero-order valence-corrected chi connectivity index (χ0v) is 8.10. The highest BCUT2D eigenvalue weighted by Crippen LogP contribution is 1.96. The number of aliphatic carboxylic acids is 2. The van der Waals surface area contributed by atoms with E-state index in [4.69, 9.17) is 10.2 Å². The largest absolute Gasteiger partial charge is 0.481 e. The third-order valence-corrected chi connectivity index (χ3v) is 1.59. The molecule has 0 saturated carbocycles. The van der Waals surface area contributed by atoms with Gasteiger partial charge < -0.3 is 15.5 Å². The third kappa shape index (κ3) is 6.25. The zero-order chi connectivity index (χ0) is 11.8. The van der Waals surface area contributed by atoms with E-state index in [-0.39, 0.29) is 6.42 Å². The van der Waals surface area contributed by atoms with E-state index in [2.05, 4.69) is 11.9 Å². The predicted octanol–water partition coefficient (Wildman–Crippen LogP) is -0.00330. The van der Waals surface area contributed by atoms with Crippen LogP contribution < -0.4 is 5.32 Å². The Kier molecular flexibility index (Phi) is 5.77. The number of amides is 1. The summed E-state index contributed by atoms with van der Waals surface area (Å²) in [6, 6.07) is -1.38. The van der Waals surface area contributed by atoms with Crippen LogP contribution in [0.2, 0.25) is 0 Å². The Hall–Kier alpha value is -1.85. The van der Waals surface area contributed by atoms with Gasteiger partial charge in [0.05, 0.1) is 6.42 Å². The van der Waals surface area contributed by atoms with Gasteiger partial charge in [0.1, 0.15) is 6.04 Å². The maximum absolute atomic E-state index is 11.1.